The Balaban J connectivity index is 1.58. The fraction of sp³-hybridized carbons (Fsp3) is 0.133. The topological polar surface area (TPSA) is 134 Å². The number of nitrogens with zero attached hydrogens (tertiary/aromatic N) is 1. The molecule has 0 aromatic heterocycles. The first-order valence-electron chi connectivity index (χ1n) is 12.1. The lowest BCUT2D eigenvalue weighted by Gasteiger charge is -2.21. The monoisotopic (exact) mass is 540 g/mol. The average Bonchev–Trinajstić information content (AvgIpc) is 2.89. The SMILES string of the molecule is CC(C)(C)NS(=O)(=O)c1ccccc1-c1ccc(NC(=O)c2cc(N)ccc2Oc2cccc(C#N)c2)cc1. The highest BCUT2D eigenvalue weighted by molar-refractivity contribution is 7.89. The van der Waals surface area contributed by atoms with Gasteiger partial charge in [-0.25, -0.2) is 13.1 Å². The third-order valence-corrected chi connectivity index (χ3v) is 7.33. The molecule has 0 atom stereocenters. The van der Waals surface area contributed by atoms with Crippen LogP contribution < -0.4 is 20.5 Å². The zero-order valence-electron chi connectivity index (χ0n) is 21.7. The Morgan fingerprint density at radius 2 is 1.64 bits per heavy atom. The van der Waals surface area contributed by atoms with Gasteiger partial charge >= 0.3 is 0 Å². The number of benzene rings is 4. The van der Waals surface area contributed by atoms with E-state index in [9.17, 15) is 13.2 Å². The van der Waals surface area contributed by atoms with E-state index in [4.69, 9.17) is 15.7 Å². The van der Waals surface area contributed by atoms with E-state index in [1.807, 2.05) is 0 Å². The van der Waals surface area contributed by atoms with E-state index in [-0.39, 0.29) is 16.2 Å². The van der Waals surface area contributed by atoms with Crippen molar-refractivity contribution in [3.63, 3.8) is 0 Å². The summed E-state index contributed by atoms with van der Waals surface area (Å²) in [6, 6.07) is 27.0. The summed E-state index contributed by atoms with van der Waals surface area (Å²) >= 11 is 0. The number of hydrogen-bond acceptors (Lipinski definition) is 6. The van der Waals surface area contributed by atoms with Crippen LogP contribution in [0.15, 0.2) is 95.9 Å². The predicted molar refractivity (Wildman–Crippen MR) is 152 cm³/mol. The molecule has 0 bridgehead atoms. The van der Waals surface area contributed by atoms with E-state index >= 15 is 0 Å². The van der Waals surface area contributed by atoms with Crippen LogP contribution in [0.5, 0.6) is 11.5 Å². The lowest BCUT2D eigenvalue weighted by molar-refractivity contribution is 0.102. The molecule has 0 spiro atoms. The van der Waals surface area contributed by atoms with Gasteiger partial charge in [0.25, 0.3) is 5.91 Å². The number of rotatable bonds is 7. The number of amides is 1. The fourth-order valence-corrected chi connectivity index (χ4v) is 5.55. The third kappa shape index (κ3) is 6.82. The smallest absolute Gasteiger partial charge is 0.259 e. The van der Waals surface area contributed by atoms with E-state index in [1.54, 1.807) is 106 Å². The van der Waals surface area contributed by atoms with Gasteiger partial charge in [0.1, 0.15) is 11.5 Å². The van der Waals surface area contributed by atoms with Gasteiger partial charge in [-0.2, -0.15) is 5.26 Å². The number of nitrogens with two attached hydrogens (primary N) is 1. The highest BCUT2D eigenvalue weighted by Gasteiger charge is 2.24. The standard InChI is InChI=1S/C30H28N4O4S/c1-30(2,3)34-39(36,37)28-10-5-4-9-25(28)21-11-14-23(15-12-21)33-29(35)26-18-22(32)13-16-27(26)38-24-8-6-7-20(17-24)19-31/h4-18,34H,32H2,1-3H3,(H,33,35). The Bertz CT molecular complexity index is 1670. The Labute approximate surface area is 228 Å². The zero-order chi connectivity index (χ0) is 28.2. The van der Waals surface area contributed by atoms with Gasteiger partial charge in [-0.1, -0.05) is 36.4 Å². The molecule has 4 N–H and O–H groups in total. The molecule has 198 valence electrons. The molecule has 0 aliphatic carbocycles. The van der Waals surface area contributed by atoms with Gasteiger partial charge in [-0.3, -0.25) is 4.79 Å². The molecule has 1 amide bonds. The number of carbonyl (C=O) groups excluding carboxylic acids is 1. The summed E-state index contributed by atoms with van der Waals surface area (Å²) in [5.41, 5.74) is 8.04. The lowest BCUT2D eigenvalue weighted by atomic mass is 10.1. The first-order chi connectivity index (χ1) is 18.4. The van der Waals surface area contributed by atoms with E-state index in [1.165, 1.54) is 6.07 Å². The first kappa shape index (κ1) is 27.4. The number of carbonyl (C=O) groups is 1. The van der Waals surface area contributed by atoms with Crippen LogP contribution in [0.25, 0.3) is 11.1 Å². The number of anilines is 2. The maximum absolute atomic E-state index is 13.2. The van der Waals surface area contributed by atoms with Gasteiger partial charge in [0.2, 0.25) is 10.0 Å². The minimum atomic E-state index is -3.76. The predicted octanol–water partition coefficient (Wildman–Crippen LogP) is 5.93. The maximum atomic E-state index is 13.2. The quantitative estimate of drug-likeness (QED) is 0.249. The normalized spacial score (nSPS) is 11.4. The van der Waals surface area contributed by atoms with Crippen LogP contribution in [-0.4, -0.2) is 19.9 Å². The van der Waals surface area contributed by atoms with E-state index in [2.05, 4.69) is 16.1 Å². The van der Waals surface area contributed by atoms with Crippen LogP contribution in [-0.2, 0) is 10.0 Å². The summed E-state index contributed by atoms with van der Waals surface area (Å²) in [7, 11) is -3.76. The zero-order valence-corrected chi connectivity index (χ0v) is 22.5. The van der Waals surface area contributed by atoms with Gasteiger partial charge in [0, 0.05) is 22.5 Å². The van der Waals surface area contributed by atoms with Gasteiger partial charge < -0.3 is 15.8 Å². The van der Waals surface area contributed by atoms with Crippen LogP contribution >= 0.6 is 0 Å². The summed E-state index contributed by atoms with van der Waals surface area (Å²) < 4.78 is 34.6. The van der Waals surface area contributed by atoms with E-state index < -0.39 is 21.5 Å². The summed E-state index contributed by atoms with van der Waals surface area (Å²) in [4.78, 5) is 13.4. The molecular weight excluding hydrogens is 512 g/mol. The van der Waals surface area contributed by atoms with Crippen molar-refractivity contribution in [1.29, 1.82) is 5.26 Å². The fourth-order valence-electron chi connectivity index (χ4n) is 3.90. The molecule has 9 heteroatoms. The molecule has 0 heterocycles. The largest absolute Gasteiger partial charge is 0.456 e. The Morgan fingerprint density at radius 1 is 0.923 bits per heavy atom. The molecule has 0 saturated heterocycles. The van der Waals surface area contributed by atoms with E-state index in [0.29, 0.717) is 33.8 Å². The molecule has 8 nitrogen and oxygen atoms in total. The average molecular weight is 541 g/mol. The number of nitrogens with one attached hydrogen (secondary N) is 2. The Hall–Kier alpha value is -4.65. The van der Waals surface area contributed by atoms with Crippen LogP contribution in [0.2, 0.25) is 0 Å². The van der Waals surface area contributed by atoms with Crippen molar-refractivity contribution >= 4 is 27.3 Å². The van der Waals surface area contributed by atoms with Crippen LogP contribution in [0, 0.1) is 11.3 Å². The molecule has 39 heavy (non-hydrogen) atoms. The molecular formula is C30H28N4O4S. The Morgan fingerprint density at radius 3 is 2.33 bits per heavy atom. The summed E-state index contributed by atoms with van der Waals surface area (Å²) in [6.45, 7) is 5.35. The summed E-state index contributed by atoms with van der Waals surface area (Å²) in [5, 5.41) is 12.0. The highest BCUT2D eigenvalue weighted by Crippen LogP contribution is 2.31. The third-order valence-electron chi connectivity index (χ3n) is 5.51. The van der Waals surface area contributed by atoms with Gasteiger partial charge in [-0.05, 0) is 80.9 Å². The van der Waals surface area contributed by atoms with E-state index in [0.717, 1.165) is 0 Å². The summed E-state index contributed by atoms with van der Waals surface area (Å²) in [6.07, 6.45) is 0. The first-order valence-corrected chi connectivity index (χ1v) is 13.6. The number of nitrogen functional groups attached to an aromatic ring is 1. The Kier molecular flexibility index (Phi) is 7.72. The van der Waals surface area contributed by atoms with Crippen molar-refractivity contribution in [1.82, 2.24) is 4.72 Å². The maximum Gasteiger partial charge on any atom is 0.259 e. The van der Waals surface area contributed by atoms with Crippen molar-refractivity contribution in [2.75, 3.05) is 11.1 Å². The van der Waals surface area contributed by atoms with Crippen LogP contribution in [0.3, 0.4) is 0 Å². The molecule has 0 saturated carbocycles. The molecule has 0 aliphatic rings. The van der Waals surface area contributed by atoms with Gasteiger partial charge in [0.05, 0.1) is 22.1 Å². The highest BCUT2D eigenvalue weighted by atomic mass is 32.2. The molecule has 4 aromatic carbocycles. The minimum absolute atomic E-state index is 0.165. The molecule has 0 radical (unpaired) electrons. The van der Waals surface area contributed by atoms with Crippen molar-refractivity contribution in [2.45, 2.75) is 31.2 Å². The van der Waals surface area contributed by atoms with Gasteiger partial charge in [-0.15, -0.1) is 0 Å². The lowest BCUT2D eigenvalue weighted by Crippen LogP contribution is -2.40. The second kappa shape index (κ2) is 11.0. The second-order valence-corrected chi connectivity index (χ2v) is 11.5. The van der Waals surface area contributed by atoms with Gasteiger partial charge in [0.15, 0.2) is 0 Å². The van der Waals surface area contributed by atoms with Crippen LogP contribution in [0.1, 0.15) is 36.7 Å². The van der Waals surface area contributed by atoms with Crippen molar-refractivity contribution in [3.8, 4) is 28.7 Å². The van der Waals surface area contributed by atoms with Crippen molar-refractivity contribution < 1.29 is 17.9 Å². The summed E-state index contributed by atoms with van der Waals surface area (Å²) in [5.74, 6) is 0.240. The molecule has 4 aromatic rings. The van der Waals surface area contributed by atoms with Crippen molar-refractivity contribution in [3.05, 3.63) is 102 Å². The van der Waals surface area contributed by atoms with Crippen molar-refractivity contribution in [2.24, 2.45) is 0 Å². The number of sulfonamides is 1. The number of nitriles is 1. The van der Waals surface area contributed by atoms with Crippen LogP contribution in [0.4, 0.5) is 11.4 Å². The molecule has 4 rings (SSSR count). The number of ether oxygens (including phenoxy) is 1. The number of hydrogen-bond donors (Lipinski definition) is 3. The molecule has 0 fully saturated rings. The second-order valence-electron chi connectivity index (χ2n) is 9.88. The minimum Gasteiger partial charge on any atom is -0.456 e. The molecule has 0 aliphatic heterocycles. The molecule has 0 unspecified atom stereocenters.